The number of hydrogen-bond acceptors (Lipinski definition) is 3. The molecule has 4 heteroatoms. The summed E-state index contributed by atoms with van der Waals surface area (Å²) < 4.78 is 11.5. The van der Waals surface area contributed by atoms with Crippen LogP contribution in [0, 0.1) is 0 Å². The summed E-state index contributed by atoms with van der Waals surface area (Å²) in [4.78, 5) is 0. The van der Waals surface area contributed by atoms with Crippen LogP contribution >= 0.6 is 0 Å². The summed E-state index contributed by atoms with van der Waals surface area (Å²) in [5, 5.41) is 10.5. The van der Waals surface area contributed by atoms with Crippen molar-refractivity contribution in [1.29, 1.82) is 0 Å². The Kier molecular flexibility index (Phi) is 5.81. The summed E-state index contributed by atoms with van der Waals surface area (Å²) in [7, 11) is -0.312. The molecule has 3 nitrogen and oxygen atoms in total. The van der Waals surface area contributed by atoms with Crippen LogP contribution in [-0.4, -0.2) is 38.3 Å². The Hall–Kier alpha value is -0.163. The van der Waals surface area contributed by atoms with Gasteiger partial charge in [-0.05, 0) is 32.0 Å². The molecule has 0 amide bonds. The lowest BCUT2D eigenvalue weighted by atomic mass is 9.95. The Morgan fingerprint density at radius 1 is 1.22 bits per heavy atom. The first kappa shape index (κ1) is 17.8. The van der Waals surface area contributed by atoms with E-state index in [2.05, 4.69) is 40.4 Å². The van der Waals surface area contributed by atoms with Crippen LogP contribution in [0.4, 0.5) is 0 Å². The molecule has 0 aliphatic rings. The lowest BCUT2D eigenvalue weighted by Crippen LogP contribution is -2.52. The molecular formula is C14H30O3Si. The fourth-order valence-electron chi connectivity index (χ4n) is 1.50. The van der Waals surface area contributed by atoms with Crippen LogP contribution in [0.15, 0.2) is 12.7 Å². The molecule has 0 radical (unpaired) electrons. The molecule has 0 spiro atoms. The lowest BCUT2D eigenvalue weighted by Gasteiger charge is -2.42. The molecule has 0 aromatic carbocycles. The zero-order chi connectivity index (χ0) is 14.8. The van der Waals surface area contributed by atoms with Gasteiger partial charge in [0, 0.05) is 7.11 Å². The van der Waals surface area contributed by atoms with Gasteiger partial charge in [0.1, 0.15) is 11.7 Å². The normalized spacial score (nSPS) is 20.1. The molecule has 0 rings (SSSR count). The quantitative estimate of drug-likeness (QED) is 0.596. The second kappa shape index (κ2) is 5.86. The summed E-state index contributed by atoms with van der Waals surface area (Å²) >= 11 is 0. The maximum Gasteiger partial charge on any atom is 0.192 e. The first-order chi connectivity index (χ1) is 7.91. The standard InChI is InChI=1S/C14H30O3Si/c1-10-14(6,16-7)12(15)11(2)17-18(8,9)13(3,4)5/h10-12,15H,1H2,2-9H3. The van der Waals surface area contributed by atoms with Gasteiger partial charge in [-0.3, -0.25) is 0 Å². The van der Waals surface area contributed by atoms with Crippen molar-refractivity contribution in [2.75, 3.05) is 7.11 Å². The van der Waals surface area contributed by atoms with Crippen molar-refractivity contribution in [3.63, 3.8) is 0 Å². The van der Waals surface area contributed by atoms with E-state index in [0.29, 0.717) is 0 Å². The van der Waals surface area contributed by atoms with Crippen molar-refractivity contribution in [3.05, 3.63) is 12.7 Å². The number of ether oxygens (including phenoxy) is 1. The highest BCUT2D eigenvalue weighted by Crippen LogP contribution is 2.38. The van der Waals surface area contributed by atoms with Crippen LogP contribution < -0.4 is 0 Å². The SMILES string of the molecule is C=CC(C)(OC)C(O)C(C)O[Si](C)(C)C(C)(C)C. The van der Waals surface area contributed by atoms with E-state index in [4.69, 9.17) is 9.16 Å². The molecule has 0 fully saturated rings. The van der Waals surface area contributed by atoms with Crippen LogP contribution in [0.3, 0.4) is 0 Å². The van der Waals surface area contributed by atoms with Crippen molar-refractivity contribution < 1.29 is 14.3 Å². The van der Waals surface area contributed by atoms with Gasteiger partial charge in [0.2, 0.25) is 0 Å². The molecule has 18 heavy (non-hydrogen) atoms. The van der Waals surface area contributed by atoms with Gasteiger partial charge in [0.05, 0.1) is 6.10 Å². The highest BCUT2D eigenvalue weighted by molar-refractivity contribution is 6.74. The van der Waals surface area contributed by atoms with Crippen molar-refractivity contribution in [2.24, 2.45) is 0 Å². The molecule has 0 aliphatic carbocycles. The first-order valence-corrected chi connectivity index (χ1v) is 9.36. The van der Waals surface area contributed by atoms with Crippen molar-refractivity contribution in [3.8, 4) is 0 Å². The molecule has 1 N–H and O–H groups in total. The van der Waals surface area contributed by atoms with Gasteiger partial charge in [-0.25, -0.2) is 0 Å². The number of rotatable bonds is 6. The summed E-state index contributed by atoms with van der Waals surface area (Å²) in [6.45, 7) is 18.3. The molecule has 0 heterocycles. The van der Waals surface area contributed by atoms with E-state index in [0.717, 1.165) is 0 Å². The second-order valence-corrected chi connectivity index (χ2v) is 11.4. The Morgan fingerprint density at radius 2 is 1.67 bits per heavy atom. The zero-order valence-electron chi connectivity index (χ0n) is 13.2. The molecule has 0 aliphatic heterocycles. The van der Waals surface area contributed by atoms with Crippen molar-refractivity contribution in [2.45, 2.75) is 70.6 Å². The van der Waals surface area contributed by atoms with Gasteiger partial charge >= 0.3 is 0 Å². The van der Waals surface area contributed by atoms with Gasteiger partial charge in [-0.15, -0.1) is 6.58 Å². The molecule has 0 aromatic rings. The number of aliphatic hydroxyl groups excluding tert-OH is 1. The topological polar surface area (TPSA) is 38.7 Å². The highest BCUT2D eigenvalue weighted by atomic mass is 28.4. The summed E-state index contributed by atoms with van der Waals surface area (Å²) in [5.74, 6) is 0. The first-order valence-electron chi connectivity index (χ1n) is 6.46. The minimum atomic E-state index is -1.88. The van der Waals surface area contributed by atoms with Crippen LogP contribution in [-0.2, 0) is 9.16 Å². The Balaban J connectivity index is 4.88. The predicted molar refractivity (Wildman–Crippen MR) is 79.4 cm³/mol. The Morgan fingerprint density at radius 3 is 1.94 bits per heavy atom. The highest BCUT2D eigenvalue weighted by Gasteiger charge is 2.42. The molecular weight excluding hydrogens is 244 g/mol. The van der Waals surface area contributed by atoms with Crippen LogP contribution in [0.1, 0.15) is 34.6 Å². The summed E-state index contributed by atoms with van der Waals surface area (Å²) in [6, 6.07) is 0. The fourth-order valence-corrected chi connectivity index (χ4v) is 2.91. The maximum atomic E-state index is 10.4. The molecule has 3 unspecified atom stereocenters. The van der Waals surface area contributed by atoms with Crippen LogP contribution in [0.2, 0.25) is 18.1 Å². The minimum Gasteiger partial charge on any atom is -0.411 e. The molecule has 0 aromatic heterocycles. The predicted octanol–water partition coefficient (Wildman–Crippen LogP) is 3.35. The third kappa shape index (κ3) is 3.92. The van der Waals surface area contributed by atoms with Gasteiger partial charge in [-0.2, -0.15) is 0 Å². The van der Waals surface area contributed by atoms with E-state index in [1.165, 1.54) is 0 Å². The molecule has 0 bridgehead atoms. The van der Waals surface area contributed by atoms with Crippen molar-refractivity contribution in [1.82, 2.24) is 0 Å². The second-order valence-electron chi connectivity index (χ2n) is 6.62. The molecule has 108 valence electrons. The maximum absolute atomic E-state index is 10.4. The van der Waals surface area contributed by atoms with Crippen LogP contribution in [0.5, 0.6) is 0 Å². The van der Waals surface area contributed by atoms with Gasteiger partial charge in [-0.1, -0.05) is 26.8 Å². The van der Waals surface area contributed by atoms with E-state index in [1.54, 1.807) is 13.2 Å². The van der Waals surface area contributed by atoms with E-state index in [1.807, 2.05) is 13.8 Å². The fraction of sp³-hybridized carbons (Fsp3) is 0.857. The molecule has 0 saturated carbocycles. The van der Waals surface area contributed by atoms with Crippen LogP contribution in [0.25, 0.3) is 0 Å². The van der Waals surface area contributed by atoms with E-state index >= 15 is 0 Å². The number of aliphatic hydroxyl groups is 1. The number of methoxy groups -OCH3 is 1. The minimum absolute atomic E-state index is 0.124. The summed E-state index contributed by atoms with van der Waals surface area (Å²) in [5.41, 5.74) is -0.776. The third-order valence-electron chi connectivity index (χ3n) is 4.16. The zero-order valence-corrected chi connectivity index (χ0v) is 14.2. The monoisotopic (exact) mass is 274 g/mol. The largest absolute Gasteiger partial charge is 0.411 e. The van der Waals surface area contributed by atoms with Gasteiger partial charge in [0.15, 0.2) is 8.32 Å². The third-order valence-corrected chi connectivity index (χ3v) is 8.74. The van der Waals surface area contributed by atoms with Gasteiger partial charge < -0.3 is 14.3 Å². The average Bonchev–Trinajstić information content (AvgIpc) is 2.24. The Labute approximate surface area is 113 Å². The molecule has 0 saturated heterocycles. The summed E-state index contributed by atoms with van der Waals surface area (Å²) in [6.07, 6.45) is 0.617. The van der Waals surface area contributed by atoms with E-state index in [-0.39, 0.29) is 11.1 Å². The van der Waals surface area contributed by atoms with E-state index in [9.17, 15) is 5.11 Å². The molecule has 3 atom stereocenters. The van der Waals surface area contributed by atoms with Crippen molar-refractivity contribution >= 4 is 8.32 Å². The van der Waals surface area contributed by atoms with Gasteiger partial charge in [0.25, 0.3) is 0 Å². The smallest absolute Gasteiger partial charge is 0.192 e. The Bertz CT molecular complexity index is 283. The average molecular weight is 274 g/mol. The number of hydrogen-bond donors (Lipinski definition) is 1. The van der Waals surface area contributed by atoms with E-state index < -0.39 is 20.0 Å². The lowest BCUT2D eigenvalue weighted by molar-refractivity contribution is -0.0993.